The third kappa shape index (κ3) is 3.33. The highest BCUT2D eigenvalue weighted by molar-refractivity contribution is 6.32. The molecule has 0 radical (unpaired) electrons. The fraction of sp³-hybridized carbons (Fsp3) is 0.118. The van der Waals surface area contributed by atoms with Gasteiger partial charge in [-0.25, -0.2) is 9.97 Å². The number of hydrogen-bond acceptors (Lipinski definition) is 4. The van der Waals surface area contributed by atoms with E-state index in [-0.39, 0.29) is 0 Å². The maximum Gasteiger partial charge on any atom is 0.137 e. The van der Waals surface area contributed by atoms with Crippen molar-refractivity contribution in [3.63, 3.8) is 0 Å². The summed E-state index contributed by atoms with van der Waals surface area (Å²) in [6.45, 7) is 2.56. The Hall–Kier alpha value is -2.84. The molecule has 0 spiro atoms. The topological polar surface area (TPSA) is 66.5 Å². The van der Waals surface area contributed by atoms with Crippen LogP contribution in [0.25, 0.3) is 5.82 Å². The molecule has 114 valence electrons. The van der Waals surface area contributed by atoms with Gasteiger partial charge >= 0.3 is 0 Å². The van der Waals surface area contributed by atoms with Gasteiger partial charge < -0.3 is 5.32 Å². The summed E-state index contributed by atoms with van der Waals surface area (Å²) >= 11 is 6.02. The van der Waals surface area contributed by atoms with Crippen LogP contribution in [0.3, 0.4) is 0 Å². The Bertz CT molecular complexity index is 861. The van der Waals surface area contributed by atoms with E-state index < -0.39 is 0 Å². The second-order valence-corrected chi connectivity index (χ2v) is 5.44. The molecule has 0 fully saturated rings. The van der Waals surface area contributed by atoms with Crippen LogP contribution in [0.15, 0.2) is 48.9 Å². The summed E-state index contributed by atoms with van der Waals surface area (Å²) < 4.78 is 1.93. The van der Waals surface area contributed by atoms with Gasteiger partial charge in [0, 0.05) is 30.8 Å². The van der Waals surface area contributed by atoms with Crippen molar-refractivity contribution in [1.82, 2.24) is 14.5 Å². The number of nitriles is 1. The van der Waals surface area contributed by atoms with Gasteiger partial charge in [0.25, 0.3) is 0 Å². The van der Waals surface area contributed by atoms with Crippen molar-refractivity contribution in [2.24, 2.45) is 0 Å². The first-order chi connectivity index (χ1) is 11.2. The summed E-state index contributed by atoms with van der Waals surface area (Å²) in [5.41, 5.74) is 2.38. The number of hydrogen-bond donors (Lipinski definition) is 1. The van der Waals surface area contributed by atoms with Crippen molar-refractivity contribution in [3.8, 4) is 11.9 Å². The van der Waals surface area contributed by atoms with E-state index in [4.69, 9.17) is 16.9 Å². The maximum atomic E-state index is 8.87. The Labute approximate surface area is 139 Å². The monoisotopic (exact) mass is 323 g/mol. The lowest BCUT2D eigenvalue weighted by Gasteiger charge is -2.09. The number of halogens is 1. The van der Waals surface area contributed by atoms with Crippen LogP contribution in [0.1, 0.15) is 17.0 Å². The quantitative estimate of drug-likeness (QED) is 0.794. The van der Waals surface area contributed by atoms with Crippen molar-refractivity contribution in [2.45, 2.75) is 13.5 Å². The number of imidazole rings is 1. The van der Waals surface area contributed by atoms with Crippen LogP contribution >= 0.6 is 11.6 Å². The molecule has 2 heterocycles. The lowest BCUT2D eigenvalue weighted by atomic mass is 10.2. The molecule has 1 aromatic carbocycles. The Morgan fingerprint density at radius 3 is 2.74 bits per heavy atom. The molecule has 0 unspecified atom stereocenters. The van der Waals surface area contributed by atoms with Gasteiger partial charge in [0.2, 0.25) is 0 Å². The molecule has 3 aromatic rings. The van der Waals surface area contributed by atoms with E-state index in [1.165, 1.54) is 0 Å². The van der Waals surface area contributed by atoms with E-state index in [9.17, 15) is 0 Å². The molecule has 2 aromatic heterocycles. The molecule has 3 rings (SSSR count). The average Bonchev–Trinajstić information content (AvgIpc) is 2.99. The van der Waals surface area contributed by atoms with Crippen LogP contribution in [0.2, 0.25) is 5.02 Å². The third-order valence-electron chi connectivity index (χ3n) is 3.47. The van der Waals surface area contributed by atoms with E-state index in [1.54, 1.807) is 18.3 Å². The molecule has 5 nitrogen and oxygen atoms in total. The normalized spacial score (nSPS) is 10.3. The summed E-state index contributed by atoms with van der Waals surface area (Å²) in [7, 11) is 0. The molecule has 23 heavy (non-hydrogen) atoms. The smallest absolute Gasteiger partial charge is 0.137 e. The van der Waals surface area contributed by atoms with Crippen LogP contribution < -0.4 is 5.32 Å². The minimum Gasteiger partial charge on any atom is -0.381 e. The third-order valence-corrected chi connectivity index (χ3v) is 3.78. The van der Waals surface area contributed by atoms with Crippen molar-refractivity contribution in [2.75, 3.05) is 5.32 Å². The van der Waals surface area contributed by atoms with Crippen molar-refractivity contribution >= 4 is 17.3 Å². The Kier molecular flexibility index (Phi) is 4.26. The van der Waals surface area contributed by atoms with Crippen LogP contribution in [-0.4, -0.2) is 14.5 Å². The summed E-state index contributed by atoms with van der Waals surface area (Å²) in [4.78, 5) is 8.64. The standard InChI is InChI=1S/C17H14ClN5/c1-12-20-6-7-23(12)17-5-2-13(11-22-17)10-21-15-4-3-14(9-19)16(18)8-15/h2-8,11,21H,10H2,1H3. The number of aromatic nitrogens is 3. The number of nitrogens with zero attached hydrogens (tertiary/aromatic N) is 4. The fourth-order valence-electron chi connectivity index (χ4n) is 2.20. The first-order valence-corrected chi connectivity index (χ1v) is 7.44. The number of anilines is 1. The Balaban J connectivity index is 1.68. The molecule has 0 saturated carbocycles. The second-order valence-electron chi connectivity index (χ2n) is 5.03. The molecule has 0 atom stereocenters. The summed E-state index contributed by atoms with van der Waals surface area (Å²) in [6.07, 6.45) is 5.46. The number of nitrogens with one attached hydrogen (secondary N) is 1. The zero-order valence-electron chi connectivity index (χ0n) is 12.5. The van der Waals surface area contributed by atoms with E-state index in [2.05, 4.69) is 15.3 Å². The summed E-state index contributed by atoms with van der Waals surface area (Å²) in [6, 6.07) is 11.3. The largest absolute Gasteiger partial charge is 0.381 e. The number of pyridine rings is 1. The zero-order chi connectivity index (χ0) is 16.2. The minimum atomic E-state index is 0.446. The SMILES string of the molecule is Cc1nccn1-c1ccc(CNc2ccc(C#N)c(Cl)c2)cn1. The second kappa shape index (κ2) is 6.51. The fourth-order valence-corrected chi connectivity index (χ4v) is 2.43. The van der Waals surface area contributed by atoms with Crippen LogP contribution in [0.4, 0.5) is 5.69 Å². The average molecular weight is 324 g/mol. The molecule has 6 heteroatoms. The molecule has 0 aliphatic rings. The van der Waals surface area contributed by atoms with Crippen molar-refractivity contribution < 1.29 is 0 Å². The molecule has 0 aliphatic heterocycles. The molecule has 1 N–H and O–H groups in total. The Morgan fingerprint density at radius 1 is 1.26 bits per heavy atom. The van der Waals surface area contributed by atoms with Crippen LogP contribution in [-0.2, 0) is 6.54 Å². The van der Waals surface area contributed by atoms with Gasteiger partial charge in [-0.05, 0) is 36.8 Å². The van der Waals surface area contributed by atoms with Gasteiger partial charge in [-0.2, -0.15) is 5.26 Å². The highest BCUT2D eigenvalue weighted by atomic mass is 35.5. The predicted molar refractivity (Wildman–Crippen MR) is 89.6 cm³/mol. The Morgan fingerprint density at radius 2 is 2.13 bits per heavy atom. The molecule has 0 amide bonds. The molecular weight excluding hydrogens is 310 g/mol. The van der Waals surface area contributed by atoms with Crippen LogP contribution in [0.5, 0.6) is 0 Å². The van der Waals surface area contributed by atoms with Gasteiger partial charge in [-0.3, -0.25) is 4.57 Å². The number of rotatable bonds is 4. The van der Waals surface area contributed by atoms with Crippen molar-refractivity contribution in [1.29, 1.82) is 5.26 Å². The zero-order valence-corrected chi connectivity index (χ0v) is 13.2. The highest BCUT2D eigenvalue weighted by Crippen LogP contribution is 2.20. The lowest BCUT2D eigenvalue weighted by Crippen LogP contribution is -2.03. The first kappa shape index (κ1) is 15.1. The molecule has 0 bridgehead atoms. The number of benzene rings is 1. The summed E-state index contributed by atoms with van der Waals surface area (Å²) in [5.74, 6) is 1.74. The van der Waals surface area contributed by atoms with Gasteiger partial charge in [-0.1, -0.05) is 17.7 Å². The van der Waals surface area contributed by atoms with E-state index >= 15 is 0 Å². The van der Waals surface area contributed by atoms with Crippen molar-refractivity contribution in [3.05, 3.63) is 70.9 Å². The van der Waals surface area contributed by atoms with E-state index in [1.807, 2.05) is 48.2 Å². The molecular formula is C17H14ClN5. The highest BCUT2D eigenvalue weighted by Gasteiger charge is 2.03. The number of aryl methyl sites for hydroxylation is 1. The predicted octanol–water partition coefficient (Wildman–Crippen LogP) is 3.71. The summed E-state index contributed by atoms with van der Waals surface area (Å²) in [5, 5.41) is 12.6. The van der Waals surface area contributed by atoms with Gasteiger partial charge in [0.1, 0.15) is 17.7 Å². The van der Waals surface area contributed by atoms with E-state index in [0.717, 1.165) is 22.9 Å². The first-order valence-electron chi connectivity index (χ1n) is 7.06. The minimum absolute atomic E-state index is 0.446. The lowest BCUT2D eigenvalue weighted by molar-refractivity contribution is 0.926. The van der Waals surface area contributed by atoms with Gasteiger partial charge in [0.05, 0.1) is 10.6 Å². The van der Waals surface area contributed by atoms with Crippen LogP contribution in [0, 0.1) is 18.3 Å². The van der Waals surface area contributed by atoms with E-state index in [0.29, 0.717) is 17.1 Å². The maximum absolute atomic E-state index is 8.87. The van der Waals surface area contributed by atoms with Gasteiger partial charge in [-0.15, -0.1) is 0 Å². The molecule has 0 aliphatic carbocycles. The molecule has 0 saturated heterocycles. The van der Waals surface area contributed by atoms with Gasteiger partial charge in [0.15, 0.2) is 0 Å².